The zero-order valence-corrected chi connectivity index (χ0v) is 15.3. The van der Waals surface area contributed by atoms with Crippen LogP contribution >= 0.6 is 34.8 Å². The SMILES string of the molecule is CC(C)c1cc(Oc2c(Cl)cc(NC(=O)C(=O)O)cc2Cl)nnc1Cl. The van der Waals surface area contributed by atoms with Crippen molar-refractivity contribution < 1.29 is 19.4 Å². The minimum Gasteiger partial charge on any atom is -0.474 e. The van der Waals surface area contributed by atoms with E-state index in [-0.39, 0.29) is 38.4 Å². The average molecular weight is 405 g/mol. The number of amides is 1. The summed E-state index contributed by atoms with van der Waals surface area (Å²) in [6, 6.07) is 4.22. The number of anilines is 1. The number of ether oxygens (including phenoxy) is 1. The van der Waals surface area contributed by atoms with Crippen molar-refractivity contribution >= 4 is 52.4 Å². The first-order chi connectivity index (χ1) is 11.7. The van der Waals surface area contributed by atoms with Crippen LogP contribution in [0.4, 0.5) is 5.69 Å². The van der Waals surface area contributed by atoms with Gasteiger partial charge < -0.3 is 15.2 Å². The van der Waals surface area contributed by atoms with Crippen LogP contribution in [0.15, 0.2) is 18.2 Å². The van der Waals surface area contributed by atoms with Crippen molar-refractivity contribution in [3.63, 3.8) is 0 Å². The second-order valence-electron chi connectivity index (χ2n) is 5.21. The molecule has 2 rings (SSSR count). The molecule has 1 aromatic heterocycles. The molecule has 0 atom stereocenters. The lowest BCUT2D eigenvalue weighted by Crippen LogP contribution is -2.21. The molecule has 0 aliphatic heterocycles. The van der Waals surface area contributed by atoms with Crippen LogP contribution in [0.2, 0.25) is 15.2 Å². The van der Waals surface area contributed by atoms with Gasteiger partial charge in [0.1, 0.15) is 0 Å². The predicted molar refractivity (Wildman–Crippen MR) is 93.9 cm³/mol. The first-order valence-electron chi connectivity index (χ1n) is 6.93. The van der Waals surface area contributed by atoms with Crippen molar-refractivity contribution in [2.45, 2.75) is 19.8 Å². The summed E-state index contributed by atoms with van der Waals surface area (Å²) in [7, 11) is 0. The van der Waals surface area contributed by atoms with Gasteiger partial charge in [-0.05, 0) is 23.6 Å². The van der Waals surface area contributed by atoms with Gasteiger partial charge in [0.25, 0.3) is 0 Å². The lowest BCUT2D eigenvalue weighted by molar-refractivity contribution is -0.147. The van der Waals surface area contributed by atoms with Crippen LogP contribution in [-0.4, -0.2) is 27.2 Å². The van der Waals surface area contributed by atoms with Crippen LogP contribution in [0.25, 0.3) is 0 Å². The third-order valence-corrected chi connectivity index (χ3v) is 3.89. The van der Waals surface area contributed by atoms with Crippen molar-refractivity contribution in [3.8, 4) is 11.6 Å². The molecular weight excluding hydrogens is 393 g/mol. The number of hydrogen-bond donors (Lipinski definition) is 2. The van der Waals surface area contributed by atoms with Gasteiger partial charge >= 0.3 is 11.9 Å². The highest BCUT2D eigenvalue weighted by molar-refractivity contribution is 6.39. The first-order valence-corrected chi connectivity index (χ1v) is 8.06. The van der Waals surface area contributed by atoms with Gasteiger partial charge in [-0.15, -0.1) is 10.2 Å². The Labute approximate surface area is 157 Å². The van der Waals surface area contributed by atoms with Crippen LogP contribution in [0.1, 0.15) is 25.3 Å². The molecule has 1 heterocycles. The number of carbonyl (C=O) groups is 2. The highest BCUT2D eigenvalue weighted by Gasteiger charge is 2.17. The average Bonchev–Trinajstić information content (AvgIpc) is 2.52. The number of carboxylic acids is 1. The highest BCUT2D eigenvalue weighted by atomic mass is 35.5. The van der Waals surface area contributed by atoms with E-state index in [1.165, 1.54) is 12.1 Å². The summed E-state index contributed by atoms with van der Waals surface area (Å²) >= 11 is 18.2. The molecule has 0 saturated carbocycles. The van der Waals surface area contributed by atoms with Crippen LogP contribution in [0, 0.1) is 0 Å². The van der Waals surface area contributed by atoms with E-state index in [1.54, 1.807) is 6.07 Å². The third-order valence-electron chi connectivity index (χ3n) is 3.03. The molecule has 0 radical (unpaired) electrons. The molecule has 0 spiro atoms. The lowest BCUT2D eigenvalue weighted by atomic mass is 10.1. The first kappa shape index (κ1) is 19.2. The molecule has 1 amide bonds. The highest BCUT2D eigenvalue weighted by Crippen LogP contribution is 2.39. The zero-order chi connectivity index (χ0) is 18.7. The van der Waals surface area contributed by atoms with E-state index in [1.807, 2.05) is 13.8 Å². The number of rotatable bonds is 4. The largest absolute Gasteiger partial charge is 0.474 e. The maximum atomic E-state index is 11.2. The summed E-state index contributed by atoms with van der Waals surface area (Å²) < 4.78 is 5.57. The maximum Gasteiger partial charge on any atom is 0.394 e. The second kappa shape index (κ2) is 7.86. The molecule has 25 heavy (non-hydrogen) atoms. The van der Waals surface area contributed by atoms with E-state index >= 15 is 0 Å². The van der Waals surface area contributed by atoms with Crippen LogP contribution in [-0.2, 0) is 9.59 Å². The number of nitrogens with zero attached hydrogens (tertiary/aromatic N) is 2. The Hall–Kier alpha value is -2.09. The van der Waals surface area contributed by atoms with Gasteiger partial charge in [0, 0.05) is 11.8 Å². The van der Waals surface area contributed by atoms with Crippen molar-refractivity contribution in [2.24, 2.45) is 0 Å². The monoisotopic (exact) mass is 403 g/mol. The Morgan fingerprint density at radius 3 is 2.24 bits per heavy atom. The molecule has 0 bridgehead atoms. The number of carbonyl (C=O) groups excluding carboxylic acids is 1. The summed E-state index contributed by atoms with van der Waals surface area (Å²) in [4.78, 5) is 21.8. The van der Waals surface area contributed by atoms with Crippen molar-refractivity contribution in [1.29, 1.82) is 0 Å². The topological polar surface area (TPSA) is 101 Å². The van der Waals surface area contributed by atoms with Crippen molar-refractivity contribution in [1.82, 2.24) is 10.2 Å². The van der Waals surface area contributed by atoms with Crippen molar-refractivity contribution in [2.75, 3.05) is 5.32 Å². The van der Waals surface area contributed by atoms with Gasteiger partial charge in [0.15, 0.2) is 10.9 Å². The Bertz CT molecular complexity index is 820. The Balaban J connectivity index is 2.30. The Morgan fingerprint density at radius 1 is 1.12 bits per heavy atom. The Morgan fingerprint density at radius 2 is 1.72 bits per heavy atom. The smallest absolute Gasteiger partial charge is 0.394 e. The number of nitrogens with one attached hydrogen (secondary N) is 1. The molecule has 7 nitrogen and oxygen atoms in total. The number of halogens is 3. The summed E-state index contributed by atoms with van der Waals surface area (Å²) in [5.41, 5.74) is 0.851. The third kappa shape index (κ3) is 4.72. The fourth-order valence-electron chi connectivity index (χ4n) is 1.85. The molecule has 0 unspecified atom stereocenters. The van der Waals surface area contributed by atoms with E-state index in [9.17, 15) is 9.59 Å². The summed E-state index contributed by atoms with van der Waals surface area (Å²) in [6.07, 6.45) is 0. The quantitative estimate of drug-likeness (QED) is 0.733. The molecular formula is C15H12Cl3N3O4. The minimum absolute atomic E-state index is 0.0519. The van der Waals surface area contributed by atoms with Gasteiger partial charge in [-0.3, -0.25) is 4.79 Å². The summed E-state index contributed by atoms with van der Waals surface area (Å²) in [6.45, 7) is 3.87. The van der Waals surface area contributed by atoms with Crippen molar-refractivity contribution in [3.05, 3.63) is 39.0 Å². The zero-order valence-electron chi connectivity index (χ0n) is 13.0. The molecule has 0 saturated heterocycles. The minimum atomic E-state index is -1.63. The molecule has 10 heteroatoms. The van der Waals surface area contributed by atoms with Crippen LogP contribution < -0.4 is 10.1 Å². The van der Waals surface area contributed by atoms with Gasteiger partial charge in [-0.25, -0.2) is 4.79 Å². The number of aliphatic carboxylic acids is 1. The van der Waals surface area contributed by atoms with Crippen LogP contribution in [0.5, 0.6) is 11.6 Å². The molecule has 0 aliphatic carbocycles. The number of hydrogen-bond acceptors (Lipinski definition) is 5. The maximum absolute atomic E-state index is 11.2. The van der Waals surface area contributed by atoms with Gasteiger partial charge in [-0.2, -0.15) is 0 Å². The molecule has 0 fully saturated rings. The Kier molecular flexibility index (Phi) is 6.05. The number of aromatic nitrogens is 2. The van der Waals surface area contributed by atoms with E-state index in [0.717, 1.165) is 5.56 Å². The fourth-order valence-corrected chi connectivity index (χ4v) is 2.72. The van der Waals surface area contributed by atoms with E-state index < -0.39 is 11.9 Å². The van der Waals surface area contributed by atoms with Gasteiger partial charge in [0.05, 0.1) is 10.0 Å². The summed E-state index contributed by atoms with van der Waals surface area (Å²) in [5.74, 6) is -2.52. The van der Waals surface area contributed by atoms with Gasteiger partial charge in [0.2, 0.25) is 5.88 Å². The molecule has 0 aliphatic rings. The molecule has 2 N–H and O–H groups in total. The normalized spacial score (nSPS) is 10.6. The number of carboxylic acid groups (broad SMARTS) is 1. The molecule has 1 aromatic carbocycles. The van der Waals surface area contributed by atoms with Crippen LogP contribution in [0.3, 0.4) is 0 Å². The van der Waals surface area contributed by atoms with E-state index in [4.69, 9.17) is 44.6 Å². The fraction of sp³-hybridized carbons (Fsp3) is 0.200. The van der Waals surface area contributed by atoms with E-state index in [0.29, 0.717) is 0 Å². The predicted octanol–water partition coefficient (Wildman–Crippen LogP) is 4.38. The standard InChI is InChI=1S/C15H12Cl3N3O4/c1-6(2)8-5-11(20-21-13(8)18)25-12-9(16)3-7(4-10(12)17)19-14(22)15(23)24/h3-6H,1-2H3,(H,19,22)(H,23,24). The lowest BCUT2D eigenvalue weighted by Gasteiger charge is -2.12. The number of benzene rings is 1. The molecule has 132 valence electrons. The second-order valence-corrected chi connectivity index (χ2v) is 6.39. The molecule has 2 aromatic rings. The summed E-state index contributed by atoms with van der Waals surface area (Å²) in [5, 5.41) is 18.7. The van der Waals surface area contributed by atoms with Gasteiger partial charge in [-0.1, -0.05) is 48.7 Å². The van der Waals surface area contributed by atoms with E-state index in [2.05, 4.69) is 15.5 Å².